The van der Waals surface area contributed by atoms with Crippen LogP contribution in [0.15, 0.2) is 42.5 Å². The lowest BCUT2D eigenvalue weighted by Crippen LogP contribution is -2.49. The minimum atomic E-state index is -4.59. The van der Waals surface area contributed by atoms with Crippen molar-refractivity contribution in [3.63, 3.8) is 0 Å². The molecular formula is C27H28F3N3O5. The molecule has 202 valence electrons. The van der Waals surface area contributed by atoms with Gasteiger partial charge >= 0.3 is 6.18 Å². The third-order valence-corrected chi connectivity index (χ3v) is 6.93. The minimum absolute atomic E-state index is 0.00959. The zero-order chi connectivity index (χ0) is 27.4. The molecule has 38 heavy (non-hydrogen) atoms. The number of benzene rings is 2. The summed E-state index contributed by atoms with van der Waals surface area (Å²) in [5, 5.41) is 9.38. The molecule has 2 fully saturated rings. The van der Waals surface area contributed by atoms with Gasteiger partial charge in [0.15, 0.2) is 11.5 Å². The normalized spacial score (nSPS) is 21.2. The Hall–Kier alpha value is -3.94. The summed E-state index contributed by atoms with van der Waals surface area (Å²) >= 11 is 0. The number of hydrogen-bond donors (Lipinski definition) is 0. The Labute approximate surface area is 218 Å². The van der Waals surface area contributed by atoms with E-state index in [1.807, 2.05) is 36.4 Å². The van der Waals surface area contributed by atoms with E-state index < -0.39 is 49.0 Å². The molecule has 2 saturated heterocycles. The molecule has 3 atom stereocenters. The molecule has 0 bridgehead atoms. The average molecular weight is 532 g/mol. The van der Waals surface area contributed by atoms with Gasteiger partial charge in [0.2, 0.25) is 11.7 Å². The van der Waals surface area contributed by atoms with Gasteiger partial charge in [-0.2, -0.15) is 18.4 Å². The van der Waals surface area contributed by atoms with Crippen molar-refractivity contribution in [2.24, 2.45) is 5.92 Å². The first-order valence-corrected chi connectivity index (χ1v) is 12.2. The Morgan fingerprint density at radius 3 is 2.32 bits per heavy atom. The number of amides is 2. The van der Waals surface area contributed by atoms with Gasteiger partial charge in [-0.1, -0.05) is 30.3 Å². The molecular weight excluding hydrogens is 503 g/mol. The number of methoxy groups -OCH3 is 2. The second-order valence-corrected chi connectivity index (χ2v) is 9.25. The molecule has 2 aromatic carbocycles. The highest BCUT2D eigenvalue weighted by molar-refractivity contribution is 5.99. The number of nitrogens with zero attached hydrogens (tertiary/aromatic N) is 3. The summed E-state index contributed by atoms with van der Waals surface area (Å²) in [5.41, 5.74) is 0.871. The fourth-order valence-corrected chi connectivity index (χ4v) is 4.93. The lowest BCUT2D eigenvalue weighted by molar-refractivity contribution is -0.170. The van der Waals surface area contributed by atoms with E-state index in [1.165, 1.54) is 31.3 Å². The van der Waals surface area contributed by atoms with E-state index in [0.29, 0.717) is 12.8 Å². The molecule has 4 rings (SSSR count). The molecule has 0 aromatic heterocycles. The summed E-state index contributed by atoms with van der Waals surface area (Å²) in [4.78, 5) is 29.1. The topological polar surface area (TPSA) is 92.1 Å². The molecule has 0 radical (unpaired) electrons. The van der Waals surface area contributed by atoms with E-state index in [2.05, 4.69) is 0 Å². The number of carbonyl (C=O) groups excluding carboxylic acids is 2. The highest BCUT2D eigenvalue weighted by Gasteiger charge is 2.52. The second kappa shape index (κ2) is 11.2. The van der Waals surface area contributed by atoms with Gasteiger partial charge in [-0.3, -0.25) is 9.59 Å². The molecule has 0 N–H and O–H groups in total. The van der Waals surface area contributed by atoms with Crippen molar-refractivity contribution >= 4 is 11.8 Å². The van der Waals surface area contributed by atoms with E-state index in [0.717, 1.165) is 10.5 Å². The third-order valence-electron chi connectivity index (χ3n) is 6.93. The SMILES string of the molecule is COc1cc(C(=O)N2CC(C(F)(F)F)CC2C(=O)N2CCCC2C#N)cc(OC)c1OCc1ccccc1. The van der Waals surface area contributed by atoms with Crippen molar-refractivity contribution in [2.75, 3.05) is 27.3 Å². The molecule has 2 aliphatic heterocycles. The molecule has 8 nitrogen and oxygen atoms in total. The van der Waals surface area contributed by atoms with Crippen molar-refractivity contribution < 1.29 is 37.0 Å². The van der Waals surface area contributed by atoms with Gasteiger partial charge in [0.25, 0.3) is 5.91 Å². The Morgan fingerprint density at radius 1 is 1.08 bits per heavy atom. The molecule has 0 aliphatic carbocycles. The molecule has 3 unspecified atom stereocenters. The third kappa shape index (κ3) is 5.49. The molecule has 2 aliphatic rings. The standard InChI is InChI=1S/C27H28F3N3O5/c1-36-22-11-18(12-23(37-2)24(22)38-16-17-7-4-3-5-8-17)25(34)33-15-19(27(28,29)30)13-21(33)26(35)32-10-6-9-20(32)14-31/h3-5,7-8,11-12,19-21H,6,9-10,13,15-16H2,1-2H3. The Morgan fingerprint density at radius 2 is 1.74 bits per heavy atom. The van der Waals surface area contributed by atoms with E-state index >= 15 is 0 Å². The minimum Gasteiger partial charge on any atom is -0.493 e. The number of rotatable bonds is 7. The number of likely N-dealkylation sites (tertiary alicyclic amines) is 2. The van der Waals surface area contributed by atoms with Gasteiger partial charge in [-0.05, 0) is 37.0 Å². The van der Waals surface area contributed by atoms with Crippen molar-refractivity contribution in [3.05, 3.63) is 53.6 Å². The summed E-state index contributed by atoms with van der Waals surface area (Å²) in [5.74, 6) is -2.73. The average Bonchev–Trinajstić information content (AvgIpc) is 3.59. The Balaban J connectivity index is 1.64. The number of ether oxygens (including phenoxy) is 3. The monoisotopic (exact) mass is 531 g/mol. The van der Waals surface area contributed by atoms with Gasteiger partial charge in [-0.25, -0.2) is 0 Å². The summed E-state index contributed by atoms with van der Waals surface area (Å²) in [6, 6.07) is 12.0. The Bertz CT molecular complexity index is 1190. The maximum absolute atomic E-state index is 13.7. The van der Waals surface area contributed by atoms with Gasteiger partial charge in [0, 0.05) is 18.7 Å². The van der Waals surface area contributed by atoms with Crippen LogP contribution in [0.4, 0.5) is 13.2 Å². The predicted molar refractivity (Wildman–Crippen MR) is 130 cm³/mol. The van der Waals surface area contributed by atoms with Crippen LogP contribution in [0.25, 0.3) is 0 Å². The summed E-state index contributed by atoms with van der Waals surface area (Å²) in [7, 11) is 2.74. The van der Waals surface area contributed by atoms with Crippen LogP contribution >= 0.6 is 0 Å². The maximum Gasteiger partial charge on any atom is 0.393 e. The van der Waals surface area contributed by atoms with Gasteiger partial charge in [0.1, 0.15) is 18.7 Å². The number of hydrogen-bond acceptors (Lipinski definition) is 6. The largest absolute Gasteiger partial charge is 0.493 e. The first kappa shape index (κ1) is 27.1. The molecule has 2 amide bonds. The fourth-order valence-electron chi connectivity index (χ4n) is 4.93. The first-order chi connectivity index (χ1) is 18.2. The van der Waals surface area contributed by atoms with Crippen LogP contribution in [0.3, 0.4) is 0 Å². The summed E-state index contributed by atoms with van der Waals surface area (Å²) in [6.45, 7) is -0.214. The lowest BCUT2D eigenvalue weighted by atomic mass is 10.0. The molecule has 0 saturated carbocycles. The number of carbonyl (C=O) groups is 2. The van der Waals surface area contributed by atoms with E-state index in [9.17, 15) is 28.0 Å². The molecule has 2 heterocycles. The second-order valence-electron chi connectivity index (χ2n) is 9.25. The smallest absolute Gasteiger partial charge is 0.393 e. The van der Waals surface area contributed by atoms with Gasteiger partial charge < -0.3 is 24.0 Å². The maximum atomic E-state index is 13.7. The van der Waals surface area contributed by atoms with E-state index in [1.54, 1.807) is 0 Å². The highest BCUT2D eigenvalue weighted by Crippen LogP contribution is 2.42. The number of nitriles is 1. The van der Waals surface area contributed by atoms with Crippen LogP contribution in [-0.4, -0.2) is 67.2 Å². The van der Waals surface area contributed by atoms with Crippen LogP contribution in [0.2, 0.25) is 0 Å². The first-order valence-electron chi connectivity index (χ1n) is 12.2. The summed E-state index contributed by atoms with van der Waals surface area (Å²) in [6.07, 6.45) is -4.12. The zero-order valence-corrected chi connectivity index (χ0v) is 21.0. The summed E-state index contributed by atoms with van der Waals surface area (Å²) < 4.78 is 57.8. The Kier molecular flexibility index (Phi) is 7.99. The van der Waals surface area contributed by atoms with E-state index in [-0.39, 0.29) is 36.0 Å². The lowest BCUT2D eigenvalue weighted by Gasteiger charge is -2.29. The van der Waals surface area contributed by atoms with E-state index in [4.69, 9.17) is 14.2 Å². The predicted octanol–water partition coefficient (Wildman–Crippen LogP) is 4.19. The van der Waals surface area contributed by atoms with Crippen LogP contribution in [0.5, 0.6) is 17.2 Å². The number of halogens is 3. The van der Waals surface area contributed by atoms with Crippen molar-refractivity contribution in [1.29, 1.82) is 5.26 Å². The van der Waals surface area contributed by atoms with Crippen molar-refractivity contribution in [1.82, 2.24) is 9.80 Å². The van der Waals surface area contributed by atoms with Crippen LogP contribution < -0.4 is 14.2 Å². The van der Waals surface area contributed by atoms with Crippen LogP contribution in [-0.2, 0) is 11.4 Å². The zero-order valence-electron chi connectivity index (χ0n) is 21.0. The quantitative estimate of drug-likeness (QED) is 0.532. The van der Waals surface area contributed by atoms with Crippen molar-refractivity contribution in [2.45, 2.75) is 44.1 Å². The number of alkyl halides is 3. The molecule has 11 heteroatoms. The fraction of sp³-hybridized carbons (Fsp3) is 0.444. The highest BCUT2D eigenvalue weighted by atomic mass is 19.4. The van der Waals surface area contributed by atoms with Crippen LogP contribution in [0, 0.1) is 17.2 Å². The van der Waals surface area contributed by atoms with Crippen molar-refractivity contribution in [3.8, 4) is 23.3 Å². The van der Waals surface area contributed by atoms with Crippen LogP contribution in [0.1, 0.15) is 35.2 Å². The molecule has 2 aromatic rings. The molecule has 0 spiro atoms. The van der Waals surface area contributed by atoms with Gasteiger partial charge in [-0.15, -0.1) is 0 Å². The van der Waals surface area contributed by atoms with Gasteiger partial charge in [0.05, 0.1) is 26.2 Å².